The van der Waals surface area contributed by atoms with Crippen molar-refractivity contribution in [2.75, 3.05) is 44.8 Å². The predicted octanol–water partition coefficient (Wildman–Crippen LogP) is 0.437. The molecule has 0 aromatic carbocycles. The molecule has 10 heteroatoms. The van der Waals surface area contributed by atoms with Gasteiger partial charge in [0.15, 0.2) is 5.82 Å². The summed E-state index contributed by atoms with van der Waals surface area (Å²) in [7, 11) is 1.49. The summed E-state index contributed by atoms with van der Waals surface area (Å²) in [4.78, 5) is 24.5. The Morgan fingerprint density at radius 1 is 1.43 bits per heavy atom. The number of carbonyl (C=O) groups excluding carboxylic acids is 1. The summed E-state index contributed by atoms with van der Waals surface area (Å²) >= 11 is 0. The Balaban J connectivity index is 1.64. The van der Waals surface area contributed by atoms with E-state index < -0.39 is 0 Å². The maximum atomic E-state index is 11.8. The molecule has 2 fully saturated rings. The van der Waals surface area contributed by atoms with Gasteiger partial charge in [-0.25, -0.2) is 0 Å². The minimum atomic E-state index is -0.0531. The quantitative estimate of drug-likeness (QED) is 0.682. The van der Waals surface area contributed by atoms with Crippen LogP contribution in [0.15, 0.2) is 25.0 Å². The highest BCUT2D eigenvalue weighted by Gasteiger charge is 2.49. The van der Waals surface area contributed by atoms with E-state index >= 15 is 0 Å². The minimum absolute atomic E-state index is 0.00968. The number of hydrogen-bond acceptors (Lipinski definition) is 8. The van der Waals surface area contributed by atoms with E-state index in [0.717, 1.165) is 13.0 Å². The smallest absolute Gasteiger partial charge is 0.318 e. The van der Waals surface area contributed by atoms with Crippen LogP contribution in [-0.2, 0) is 11.3 Å². The number of likely N-dealkylation sites (tertiary alicyclic amines) is 1. The fourth-order valence-corrected chi connectivity index (χ4v) is 4.19. The van der Waals surface area contributed by atoms with Crippen molar-refractivity contribution in [3.8, 4) is 23.3 Å². The molecule has 2 aromatic rings. The van der Waals surface area contributed by atoms with Gasteiger partial charge in [-0.15, -0.1) is 0 Å². The second-order valence-corrected chi connectivity index (χ2v) is 7.65. The molecule has 0 saturated carbocycles. The van der Waals surface area contributed by atoms with Crippen molar-refractivity contribution in [3.05, 3.63) is 30.6 Å². The highest BCUT2D eigenvalue weighted by atomic mass is 16.5. The van der Waals surface area contributed by atoms with Crippen LogP contribution < -0.4 is 9.64 Å². The average Bonchev–Trinajstić information content (AvgIpc) is 3.39. The fraction of sp³-hybridized carbons (Fsp3) is 0.450. The summed E-state index contributed by atoms with van der Waals surface area (Å²) in [5, 5.41) is 23.2. The number of nitrogens with zero attached hydrogens (tertiary/aromatic N) is 7. The third-order valence-electron chi connectivity index (χ3n) is 5.68. The van der Waals surface area contributed by atoms with E-state index in [1.807, 2.05) is 0 Å². The van der Waals surface area contributed by atoms with Crippen LogP contribution in [0.3, 0.4) is 0 Å². The van der Waals surface area contributed by atoms with E-state index in [9.17, 15) is 10.1 Å². The van der Waals surface area contributed by atoms with Crippen LogP contribution in [0.25, 0.3) is 11.3 Å². The zero-order chi connectivity index (χ0) is 21.3. The molecule has 2 saturated heterocycles. The Morgan fingerprint density at radius 2 is 2.23 bits per heavy atom. The Morgan fingerprint density at radius 3 is 2.90 bits per heavy atom. The fourth-order valence-electron chi connectivity index (χ4n) is 4.19. The molecule has 30 heavy (non-hydrogen) atoms. The monoisotopic (exact) mass is 409 g/mol. The number of carbonyl (C=O) groups is 1. The van der Waals surface area contributed by atoms with E-state index in [2.05, 4.69) is 32.6 Å². The largest absolute Gasteiger partial charge is 0.467 e. The van der Waals surface area contributed by atoms with Gasteiger partial charge >= 0.3 is 6.01 Å². The van der Waals surface area contributed by atoms with Gasteiger partial charge in [0.25, 0.3) is 0 Å². The lowest BCUT2D eigenvalue weighted by Crippen LogP contribution is -2.59. The number of aliphatic hydroxyl groups excluding tert-OH is 1. The number of nitriles is 1. The van der Waals surface area contributed by atoms with Gasteiger partial charge in [0.1, 0.15) is 17.3 Å². The van der Waals surface area contributed by atoms with Crippen LogP contribution in [0.5, 0.6) is 6.01 Å². The molecule has 2 aliphatic rings. The molecular weight excluding hydrogens is 386 g/mol. The maximum absolute atomic E-state index is 11.8. The third kappa shape index (κ3) is 3.37. The summed E-state index contributed by atoms with van der Waals surface area (Å²) in [5.74, 6) is 0.474. The first kappa shape index (κ1) is 19.8. The topological polar surface area (TPSA) is 120 Å². The molecule has 0 radical (unpaired) electrons. The highest BCUT2D eigenvalue weighted by Crippen LogP contribution is 2.42. The molecule has 2 aromatic heterocycles. The van der Waals surface area contributed by atoms with Crippen LogP contribution in [0.2, 0.25) is 0 Å². The molecule has 1 amide bonds. The standard InChI is InChI=1S/C20H23N7O3/c1-3-16(29)26-12-20(13-26)4-5-25(11-20)18-15(8-21)17(23-19(24-18)30-2)14-9-22-27(10-14)6-7-28/h3,9-10,28H,1,4-7,11-13H2,2H3. The highest BCUT2D eigenvalue weighted by molar-refractivity contribution is 5.87. The van der Waals surface area contributed by atoms with Crippen molar-refractivity contribution >= 4 is 11.7 Å². The molecule has 0 bridgehead atoms. The number of ether oxygens (including phenoxy) is 1. The van der Waals surface area contributed by atoms with Gasteiger partial charge in [-0.3, -0.25) is 9.48 Å². The van der Waals surface area contributed by atoms with Gasteiger partial charge in [0.2, 0.25) is 5.91 Å². The van der Waals surface area contributed by atoms with Crippen molar-refractivity contribution in [1.29, 1.82) is 5.26 Å². The van der Waals surface area contributed by atoms with E-state index in [-0.39, 0.29) is 23.9 Å². The molecule has 0 unspecified atom stereocenters. The third-order valence-corrected chi connectivity index (χ3v) is 5.68. The van der Waals surface area contributed by atoms with E-state index in [1.54, 1.807) is 22.0 Å². The molecule has 1 N–H and O–H groups in total. The summed E-state index contributed by atoms with van der Waals surface area (Å²) in [6.07, 6.45) is 5.60. The molecule has 2 aliphatic heterocycles. The number of methoxy groups -OCH3 is 1. The summed E-state index contributed by atoms with van der Waals surface area (Å²) in [6, 6.07) is 2.42. The van der Waals surface area contributed by atoms with Crippen LogP contribution in [0.4, 0.5) is 5.82 Å². The zero-order valence-electron chi connectivity index (χ0n) is 16.8. The first-order valence-electron chi connectivity index (χ1n) is 9.68. The van der Waals surface area contributed by atoms with Crippen LogP contribution >= 0.6 is 0 Å². The van der Waals surface area contributed by atoms with E-state index in [4.69, 9.17) is 9.84 Å². The van der Waals surface area contributed by atoms with Gasteiger partial charge in [-0.1, -0.05) is 6.58 Å². The van der Waals surface area contributed by atoms with Gasteiger partial charge < -0.3 is 19.6 Å². The van der Waals surface area contributed by atoms with Gasteiger partial charge in [0, 0.05) is 43.4 Å². The summed E-state index contributed by atoms with van der Waals surface area (Å²) < 4.78 is 6.89. The average molecular weight is 409 g/mol. The number of aromatic nitrogens is 4. The maximum Gasteiger partial charge on any atom is 0.318 e. The molecular formula is C20H23N7O3. The lowest BCUT2D eigenvalue weighted by Gasteiger charge is -2.47. The first-order chi connectivity index (χ1) is 14.5. The van der Waals surface area contributed by atoms with E-state index in [0.29, 0.717) is 48.8 Å². The lowest BCUT2D eigenvalue weighted by atomic mass is 9.79. The lowest BCUT2D eigenvalue weighted by molar-refractivity contribution is -0.136. The molecule has 1 spiro atoms. The number of anilines is 1. The Kier molecular flexibility index (Phi) is 5.13. The van der Waals surface area contributed by atoms with Gasteiger partial charge in [0.05, 0.1) is 26.5 Å². The van der Waals surface area contributed by atoms with Gasteiger partial charge in [-0.2, -0.15) is 20.3 Å². The van der Waals surface area contributed by atoms with Gasteiger partial charge in [-0.05, 0) is 12.5 Å². The Bertz CT molecular complexity index is 1020. The van der Waals surface area contributed by atoms with Crippen LogP contribution in [0.1, 0.15) is 12.0 Å². The second-order valence-electron chi connectivity index (χ2n) is 7.65. The Labute approximate surface area is 174 Å². The van der Waals surface area contributed by atoms with Crippen LogP contribution in [-0.4, -0.2) is 75.6 Å². The molecule has 10 nitrogen and oxygen atoms in total. The van der Waals surface area contributed by atoms with Crippen molar-refractivity contribution in [2.24, 2.45) is 5.41 Å². The van der Waals surface area contributed by atoms with Crippen molar-refractivity contribution in [2.45, 2.75) is 13.0 Å². The predicted molar refractivity (Wildman–Crippen MR) is 108 cm³/mol. The first-order valence-corrected chi connectivity index (χ1v) is 9.68. The van der Waals surface area contributed by atoms with E-state index in [1.165, 1.54) is 13.2 Å². The number of aliphatic hydroxyl groups is 1. The van der Waals surface area contributed by atoms with Crippen molar-refractivity contribution < 1.29 is 14.6 Å². The van der Waals surface area contributed by atoms with Crippen molar-refractivity contribution in [3.63, 3.8) is 0 Å². The minimum Gasteiger partial charge on any atom is -0.467 e. The molecule has 0 aliphatic carbocycles. The SMILES string of the molecule is C=CC(=O)N1CC2(CCN(c3nc(OC)nc(-c4cnn(CCO)c4)c3C#N)C2)C1. The summed E-state index contributed by atoms with van der Waals surface area (Å²) in [6.45, 7) is 6.65. The number of hydrogen-bond donors (Lipinski definition) is 1. The molecule has 4 heterocycles. The van der Waals surface area contributed by atoms with Crippen molar-refractivity contribution in [1.82, 2.24) is 24.6 Å². The molecule has 156 valence electrons. The number of rotatable bonds is 6. The van der Waals surface area contributed by atoms with Crippen LogP contribution in [0, 0.1) is 16.7 Å². The second kappa shape index (κ2) is 7.76. The number of amides is 1. The summed E-state index contributed by atoms with van der Waals surface area (Å²) in [5.41, 5.74) is 1.47. The molecule has 4 rings (SSSR count). The zero-order valence-corrected chi connectivity index (χ0v) is 16.8. The molecule has 0 atom stereocenters. The normalized spacial score (nSPS) is 17.0. The Hall–Kier alpha value is -3.45.